The number of rotatable bonds is 4. The number of thioether (sulfide) groups is 1. The molecule has 0 saturated carbocycles. The van der Waals surface area contributed by atoms with E-state index >= 15 is 0 Å². The first-order chi connectivity index (χ1) is 14.7. The van der Waals surface area contributed by atoms with Crippen LogP contribution in [0.15, 0.2) is 83.9 Å². The number of hydrogen-bond acceptors (Lipinski definition) is 3. The third-order valence-electron chi connectivity index (χ3n) is 5.16. The number of nitrogens with one attached hydrogen (secondary N) is 2. The van der Waals surface area contributed by atoms with Crippen LogP contribution in [0.1, 0.15) is 15.9 Å². The zero-order valence-corrected chi connectivity index (χ0v) is 16.9. The minimum Gasteiger partial charge on any atom is -0.361 e. The lowest BCUT2D eigenvalue weighted by Crippen LogP contribution is -2.35. The third kappa shape index (κ3) is 3.57. The molecule has 1 aromatic heterocycles. The Balaban J connectivity index is 1.42. The van der Waals surface area contributed by atoms with E-state index in [1.807, 2.05) is 79.0 Å². The van der Waals surface area contributed by atoms with Gasteiger partial charge in [0.1, 0.15) is 0 Å². The smallest absolute Gasteiger partial charge is 0.255 e. The summed E-state index contributed by atoms with van der Waals surface area (Å²) in [6.45, 7) is 0.488. The van der Waals surface area contributed by atoms with Gasteiger partial charge in [-0.3, -0.25) is 9.59 Å². The maximum absolute atomic E-state index is 12.9. The lowest BCUT2D eigenvalue weighted by atomic mass is 10.1. The van der Waals surface area contributed by atoms with Crippen LogP contribution in [0.5, 0.6) is 0 Å². The highest BCUT2D eigenvalue weighted by atomic mass is 32.2. The van der Waals surface area contributed by atoms with Crippen LogP contribution in [-0.2, 0) is 11.3 Å². The van der Waals surface area contributed by atoms with E-state index in [4.69, 9.17) is 0 Å². The van der Waals surface area contributed by atoms with Gasteiger partial charge in [-0.05, 0) is 47.3 Å². The first-order valence-corrected chi connectivity index (χ1v) is 10.7. The van der Waals surface area contributed by atoms with Crippen LogP contribution < -0.4 is 10.2 Å². The third-order valence-corrected chi connectivity index (χ3v) is 6.21. The topological polar surface area (TPSA) is 65.2 Å². The highest BCUT2D eigenvalue weighted by molar-refractivity contribution is 8.00. The molecule has 0 bridgehead atoms. The summed E-state index contributed by atoms with van der Waals surface area (Å²) in [7, 11) is 0. The van der Waals surface area contributed by atoms with Gasteiger partial charge in [0.25, 0.3) is 5.91 Å². The molecule has 6 heteroatoms. The molecule has 0 unspecified atom stereocenters. The minimum atomic E-state index is -0.202. The van der Waals surface area contributed by atoms with Crippen molar-refractivity contribution in [1.29, 1.82) is 0 Å². The molecule has 0 saturated heterocycles. The fourth-order valence-electron chi connectivity index (χ4n) is 3.61. The largest absolute Gasteiger partial charge is 0.361 e. The van der Waals surface area contributed by atoms with E-state index in [-0.39, 0.29) is 11.8 Å². The maximum atomic E-state index is 12.9. The quantitative estimate of drug-likeness (QED) is 0.492. The van der Waals surface area contributed by atoms with Crippen LogP contribution in [0.4, 0.5) is 11.4 Å². The van der Waals surface area contributed by atoms with Crippen molar-refractivity contribution in [2.24, 2.45) is 0 Å². The van der Waals surface area contributed by atoms with Crippen molar-refractivity contribution in [2.75, 3.05) is 16.0 Å². The Kier molecular flexibility index (Phi) is 4.77. The number of aromatic nitrogens is 1. The Morgan fingerprint density at radius 2 is 1.90 bits per heavy atom. The van der Waals surface area contributed by atoms with Crippen LogP contribution in [-0.4, -0.2) is 22.6 Å². The Morgan fingerprint density at radius 3 is 2.77 bits per heavy atom. The van der Waals surface area contributed by atoms with E-state index in [2.05, 4.69) is 10.3 Å². The summed E-state index contributed by atoms with van der Waals surface area (Å²) in [6.07, 6.45) is 1.87. The van der Waals surface area contributed by atoms with Crippen LogP contribution in [0.25, 0.3) is 10.9 Å². The number of hydrogen-bond donors (Lipinski definition) is 2. The van der Waals surface area contributed by atoms with Gasteiger partial charge in [-0.15, -0.1) is 11.8 Å². The zero-order valence-electron chi connectivity index (χ0n) is 16.1. The fourth-order valence-corrected chi connectivity index (χ4v) is 4.53. The van der Waals surface area contributed by atoms with E-state index in [1.165, 1.54) is 11.8 Å². The zero-order chi connectivity index (χ0) is 20.5. The van der Waals surface area contributed by atoms with Crippen molar-refractivity contribution in [1.82, 2.24) is 4.98 Å². The molecular formula is C24H19N3O2S. The average Bonchev–Trinajstić information content (AvgIpc) is 3.24. The van der Waals surface area contributed by atoms with Gasteiger partial charge in [-0.2, -0.15) is 0 Å². The van der Waals surface area contributed by atoms with Crippen molar-refractivity contribution < 1.29 is 9.59 Å². The lowest BCUT2D eigenvalue weighted by Gasteiger charge is -2.29. The molecule has 1 aliphatic heterocycles. The molecule has 2 heterocycles. The Morgan fingerprint density at radius 1 is 1.03 bits per heavy atom. The van der Waals surface area contributed by atoms with Gasteiger partial charge in [0.2, 0.25) is 5.91 Å². The Bertz CT molecular complexity index is 1250. The summed E-state index contributed by atoms with van der Waals surface area (Å²) in [6, 6.07) is 23.2. The second-order valence-corrected chi connectivity index (χ2v) is 8.19. The first kappa shape index (κ1) is 18.5. The SMILES string of the molecule is O=C(Nc1ccc2cc[nH]c2c1)c1ccc2c(c1)N(Cc1ccccc1)C(=O)CS2. The molecule has 4 aromatic rings. The summed E-state index contributed by atoms with van der Waals surface area (Å²) in [5, 5.41) is 4.05. The lowest BCUT2D eigenvalue weighted by molar-refractivity contribution is -0.116. The molecule has 0 aliphatic carbocycles. The molecule has 148 valence electrons. The number of aromatic amines is 1. The number of carbonyl (C=O) groups is 2. The molecule has 5 nitrogen and oxygen atoms in total. The summed E-state index contributed by atoms with van der Waals surface area (Å²) in [5.74, 6) is 0.249. The summed E-state index contributed by atoms with van der Waals surface area (Å²) in [5.41, 5.74) is 4.05. The Hall–Kier alpha value is -3.51. The molecule has 0 atom stereocenters. The van der Waals surface area contributed by atoms with Crippen molar-refractivity contribution in [3.8, 4) is 0 Å². The number of carbonyl (C=O) groups excluding carboxylic acids is 2. The van der Waals surface area contributed by atoms with Gasteiger partial charge in [0, 0.05) is 27.9 Å². The second kappa shape index (κ2) is 7.72. The highest BCUT2D eigenvalue weighted by Crippen LogP contribution is 2.37. The molecule has 30 heavy (non-hydrogen) atoms. The highest BCUT2D eigenvalue weighted by Gasteiger charge is 2.26. The van der Waals surface area contributed by atoms with Crippen LogP contribution in [0.2, 0.25) is 0 Å². The normalized spacial score (nSPS) is 13.3. The van der Waals surface area contributed by atoms with Crippen molar-refractivity contribution in [3.05, 3.63) is 90.1 Å². The average molecular weight is 414 g/mol. The molecule has 0 fully saturated rings. The van der Waals surface area contributed by atoms with Gasteiger partial charge in [0.05, 0.1) is 18.0 Å². The van der Waals surface area contributed by atoms with E-state index in [0.717, 1.165) is 32.7 Å². The van der Waals surface area contributed by atoms with Crippen LogP contribution in [0, 0.1) is 0 Å². The molecule has 0 radical (unpaired) electrons. The molecule has 2 N–H and O–H groups in total. The van der Waals surface area contributed by atoms with E-state index in [1.54, 1.807) is 4.90 Å². The van der Waals surface area contributed by atoms with Crippen molar-refractivity contribution in [3.63, 3.8) is 0 Å². The number of nitrogens with zero attached hydrogens (tertiary/aromatic N) is 1. The van der Waals surface area contributed by atoms with Gasteiger partial charge < -0.3 is 15.2 Å². The van der Waals surface area contributed by atoms with E-state index in [9.17, 15) is 9.59 Å². The number of H-pyrrole nitrogens is 1. The number of anilines is 2. The van der Waals surface area contributed by atoms with Crippen molar-refractivity contribution >= 4 is 45.9 Å². The molecule has 2 amide bonds. The van der Waals surface area contributed by atoms with E-state index < -0.39 is 0 Å². The van der Waals surface area contributed by atoms with Crippen molar-refractivity contribution in [2.45, 2.75) is 11.4 Å². The predicted octanol–water partition coefficient (Wildman–Crippen LogP) is 5.06. The second-order valence-electron chi connectivity index (χ2n) is 7.17. The van der Waals surface area contributed by atoms with Crippen LogP contribution >= 0.6 is 11.8 Å². The fraction of sp³-hybridized carbons (Fsp3) is 0.0833. The first-order valence-electron chi connectivity index (χ1n) is 9.67. The molecule has 5 rings (SSSR count). The summed E-state index contributed by atoms with van der Waals surface area (Å²) in [4.78, 5) is 31.4. The molecule has 3 aromatic carbocycles. The van der Waals surface area contributed by atoms with E-state index in [0.29, 0.717) is 17.9 Å². The Labute approximate surface area is 178 Å². The monoisotopic (exact) mass is 413 g/mol. The summed E-state index contributed by atoms with van der Waals surface area (Å²) < 4.78 is 0. The number of fused-ring (bicyclic) bond motifs is 2. The van der Waals surface area contributed by atoms with Gasteiger partial charge in [-0.1, -0.05) is 36.4 Å². The van der Waals surface area contributed by atoms with Gasteiger partial charge in [-0.25, -0.2) is 0 Å². The number of amides is 2. The molecular weight excluding hydrogens is 394 g/mol. The molecule has 0 spiro atoms. The number of benzene rings is 3. The minimum absolute atomic E-state index is 0.0473. The maximum Gasteiger partial charge on any atom is 0.255 e. The standard InChI is InChI=1S/C24H19N3O2S/c28-23-15-30-22-9-7-18(12-21(22)27(23)14-16-4-2-1-3-5-16)24(29)26-19-8-6-17-10-11-25-20(17)13-19/h1-13,25H,14-15H2,(H,26,29). The predicted molar refractivity (Wildman–Crippen MR) is 121 cm³/mol. The van der Waals surface area contributed by atoms with Crippen LogP contribution in [0.3, 0.4) is 0 Å². The summed E-state index contributed by atoms with van der Waals surface area (Å²) >= 11 is 1.51. The van der Waals surface area contributed by atoms with Gasteiger partial charge >= 0.3 is 0 Å². The molecule has 1 aliphatic rings. The van der Waals surface area contributed by atoms with Gasteiger partial charge in [0.15, 0.2) is 0 Å².